The van der Waals surface area contributed by atoms with Gasteiger partial charge in [-0.3, -0.25) is 19.7 Å². The minimum atomic E-state index is -0.820. The summed E-state index contributed by atoms with van der Waals surface area (Å²) in [6.45, 7) is 5.74. The van der Waals surface area contributed by atoms with Crippen LogP contribution >= 0.6 is 12.2 Å². The number of unbranched alkanes of at least 4 members (excludes halogenated alkanes) is 2. The van der Waals surface area contributed by atoms with E-state index < -0.39 is 17.9 Å². The molecule has 1 saturated heterocycles. The van der Waals surface area contributed by atoms with E-state index in [2.05, 4.69) is 17.6 Å². The van der Waals surface area contributed by atoms with Crippen LogP contribution in [0.15, 0.2) is 24.3 Å². The van der Waals surface area contributed by atoms with Gasteiger partial charge in [-0.2, -0.15) is 0 Å². The van der Waals surface area contributed by atoms with Crippen molar-refractivity contribution in [2.45, 2.75) is 52.0 Å². The molecule has 0 saturated carbocycles. The first-order chi connectivity index (χ1) is 15.0. The van der Waals surface area contributed by atoms with Crippen molar-refractivity contribution in [2.24, 2.45) is 0 Å². The number of carbonyl (C=O) groups is 3. The highest BCUT2D eigenvalue weighted by atomic mass is 32.1. The fourth-order valence-electron chi connectivity index (χ4n) is 3.01. The molecule has 0 spiro atoms. The zero-order valence-corrected chi connectivity index (χ0v) is 19.0. The van der Waals surface area contributed by atoms with Gasteiger partial charge in [0.2, 0.25) is 5.91 Å². The molecule has 170 valence electrons. The predicted molar refractivity (Wildman–Crippen MR) is 121 cm³/mol. The molecule has 0 bridgehead atoms. The molecular weight excluding hydrogens is 418 g/mol. The maximum absolute atomic E-state index is 12.7. The Labute approximate surface area is 188 Å². The van der Waals surface area contributed by atoms with Crippen LogP contribution < -0.4 is 15.4 Å². The van der Waals surface area contributed by atoms with Crippen molar-refractivity contribution < 1.29 is 23.9 Å². The normalized spacial score (nSPS) is 15.7. The van der Waals surface area contributed by atoms with E-state index in [9.17, 15) is 14.4 Å². The van der Waals surface area contributed by atoms with E-state index in [1.165, 1.54) is 0 Å². The summed E-state index contributed by atoms with van der Waals surface area (Å²) in [5.74, 6) is -0.577. The lowest BCUT2D eigenvalue weighted by Crippen LogP contribution is -2.60. The Morgan fingerprint density at radius 3 is 2.71 bits per heavy atom. The lowest BCUT2D eigenvalue weighted by atomic mass is 10.1. The first-order valence-corrected chi connectivity index (χ1v) is 11.1. The van der Waals surface area contributed by atoms with Crippen molar-refractivity contribution in [3.05, 3.63) is 29.8 Å². The fraction of sp³-hybridized carbons (Fsp3) is 0.545. The van der Waals surface area contributed by atoms with E-state index in [1.807, 2.05) is 6.92 Å². The zero-order valence-electron chi connectivity index (χ0n) is 18.1. The topological polar surface area (TPSA) is 97.0 Å². The summed E-state index contributed by atoms with van der Waals surface area (Å²) in [5, 5.41) is 5.50. The van der Waals surface area contributed by atoms with Crippen LogP contribution in [0.1, 0.15) is 56.3 Å². The third-order valence-corrected chi connectivity index (χ3v) is 5.13. The summed E-state index contributed by atoms with van der Waals surface area (Å²) in [6, 6.07) is 6.03. The lowest BCUT2D eigenvalue weighted by molar-refractivity contribution is -0.147. The standard InChI is InChI=1S/C22H31N3O5S/c1-3-5-12-29-17-9-7-8-16(14-17)20(27)24-22(31)25-11-10-23-21(28)18(25)15-19(26)30-13-6-4-2/h7-9,14,18H,3-6,10-13,15H2,1-2H3,(H,23,28)(H,24,27,31). The summed E-state index contributed by atoms with van der Waals surface area (Å²) < 4.78 is 10.8. The van der Waals surface area contributed by atoms with Crippen LogP contribution in [0.4, 0.5) is 0 Å². The highest BCUT2D eigenvalue weighted by Gasteiger charge is 2.34. The Morgan fingerprint density at radius 2 is 1.97 bits per heavy atom. The summed E-state index contributed by atoms with van der Waals surface area (Å²) >= 11 is 5.39. The van der Waals surface area contributed by atoms with Gasteiger partial charge in [-0.1, -0.05) is 32.8 Å². The molecule has 2 N–H and O–H groups in total. The number of nitrogens with zero attached hydrogens (tertiary/aromatic N) is 1. The maximum atomic E-state index is 12.7. The molecule has 2 rings (SSSR count). The Balaban J connectivity index is 1.99. The van der Waals surface area contributed by atoms with Crippen LogP contribution in [0.5, 0.6) is 5.75 Å². The predicted octanol–water partition coefficient (Wildman–Crippen LogP) is 2.41. The van der Waals surface area contributed by atoms with Crippen molar-refractivity contribution in [2.75, 3.05) is 26.3 Å². The third-order valence-electron chi connectivity index (χ3n) is 4.80. The van der Waals surface area contributed by atoms with Gasteiger partial charge >= 0.3 is 5.97 Å². The fourth-order valence-corrected chi connectivity index (χ4v) is 3.32. The van der Waals surface area contributed by atoms with E-state index in [-0.39, 0.29) is 17.4 Å². The number of esters is 1. The summed E-state index contributed by atoms with van der Waals surface area (Å²) in [6.07, 6.45) is 3.49. The minimum absolute atomic E-state index is 0.100. The Kier molecular flexibility index (Phi) is 10.2. The average Bonchev–Trinajstić information content (AvgIpc) is 2.75. The van der Waals surface area contributed by atoms with Crippen molar-refractivity contribution in [3.8, 4) is 5.75 Å². The second kappa shape index (κ2) is 12.9. The van der Waals surface area contributed by atoms with Gasteiger partial charge in [-0.05, 0) is 43.3 Å². The molecule has 1 heterocycles. The largest absolute Gasteiger partial charge is 0.494 e. The van der Waals surface area contributed by atoms with Crippen LogP contribution in [-0.2, 0) is 14.3 Å². The molecule has 2 amide bonds. The van der Waals surface area contributed by atoms with E-state index in [1.54, 1.807) is 29.2 Å². The van der Waals surface area contributed by atoms with Crippen LogP contribution in [0.2, 0.25) is 0 Å². The zero-order chi connectivity index (χ0) is 22.6. The number of hydrogen-bond donors (Lipinski definition) is 2. The molecular formula is C22H31N3O5S. The second-order valence-corrected chi connectivity index (χ2v) is 7.65. The smallest absolute Gasteiger partial charge is 0.308 e. The Bertz CT molecular complexity index is 786. The second-order valence-electron chi connectivity index (χ2n) is 7.27. The maximum Gasteiger partial charge on any atom is 0.308 e. The van der Waals surface area contributed by atoms with Gasteiger partial charge in [-0.15, -0.1) is 0 Å². The number of hydrogen-bond acceptors (Lipinski definition) is 6. The van der Waals surface area contributed by atoms with Gasteiger partial charge in [0.05, 0.1) is 19.6 Å². The van der Waals surface area contributed by atoms with Crippen LogP contribution in [0, 0.1) is 0 Å². The van der Waals surface area contributed by atoms with E-state index in [4.69, 9.17) is 21.7 Å². The third kappa shape index (κ3) is 7.82. The monoisotopic (exact) mass is 449 g/mol. The lowest BCUT2D eigenvalue weighted by Gasteiger charge is -2.36. The number of thiocarbonyl (C=S) groups is 1. The van der Waals surface area contributed by atoms with Crippen LogP contribution in [0.3, 0.4) is 0 Å². The molecule has 1 aromatic carbocycles. The van der Waals surface area contributed by atoms with Crippen molar-refractivity contribution >= 4 is 35.1 Å². The van der Waals surface area contributed by atoms with Gasteiger partial charge < -0.3 is 19.7 Å². The molecule has 1 unspecified atom stereocenters. The minimum Gasteiger partial charge on any atom is -0.494 e. The molecule has 1 aliphatic rings. The van der Waals surface area contributed by atoms with Gasteiger partial charge in [0.1, 0.15) is 11.8 Å². The van der Waals surface area contributed by atoms with Gasteiger partial charge in [0, 0.05) is 18.7 Å². The highest BCUT2D eigenvalue weighted by Crippen LogP contribution is 2.15. The van der Waals surface area contributed by atoms with Gasteiger partial charge in [0.15, 0.2) is 5.11 Å². The highest BCUT2D eigenvalue weighted by molar-refractivity contribution is 7.80. The van der Waals surface area contributed by atoms with Gasteiger partial charge in [-0.25, -0.2) is 0 Å². The van der Waals surface area contributed by atoms with Gasteiger partial charge in [0.25, 0.3) is 5.91 Å². The SMILES string of the molecule is CCCCOC(=O)CC1C(=O)NCCN1C(=S)NC(=O)c1cccc(OCCCC)c1. The molecule has 0 radical (unpaired) electrons. The van der Waals surface area contributed by atoms with Crippen molar-refractivity contribution in [3.63, 3.8) is 0 Å². The number of amides is 2. The first-order valence-electron chi connectivity index (χ1n) is 10.7. The number of ether oxygens (including phenoxy) is 2. The van der Waals surface area contributed by atoms with E-state index >= 15 is 0 Å². The molecule has 1 atom stereocenters. The summed E-state index contributed by atoms with van der Waals surface area (Å²) in [5.41, 5.74) is 0.397. The molecule has 1 fully saturated rings. The average molecular weight is 450 g/mol. The summed E-state index contributed by atoms with van der Waals surface area (Å²) in [4.78, 5) is 38.7. The van der Waals surface area contributed by atoms with E-state index in [0.29, 0.717) is 37.6 Å². The number of nitrogens with one attached hydrogen (secondary N) is 2. The summed E-state index contributed by atoms with van der Waals surface area (Å²) in [7, 11) is 0. The number of carbonyl (C=O) groups excluding carboxylic acids is 3. The van der Waals surface area contributed by atoms with Crippen molar-refractivity contribution in [1.82, 2.24) is 15.5 Å². The number of benzene rings is 1. The van der Waals surface area contributed by atoms with Crippen LogP contribution in [0.25, 0.3) is 0 Å². The molecule has 8 nitrogen and oxygen atoms in total. The molecule has 9 heteroatoms. The molecule has 1 aromatic rings. The van der Waals surface area contributed by atoms with E-state index in [0.717, 1.165) is 25.7 Å². The number of rotatable bonds is 10. The quantitative estimate of drug-likeness (QED) is 0.322. The molecule has 1 aliphatic heterocycles. The molecule has 31 heavy (non-hydrogen) atoms. The Hall–Kier alpha value is -2.68. The van der Waals surface area contributed by atoms with Crippen LogP contribution in [-0.4, -0.2) is 60.1 Å². The Morgan fingerprint density at radius 1 is 1.23 bits per heavy atom. The molecule has 0 aliphatic carbocycles. The first kappa shape index (κ1) is 24.6. The van der Waals surface area contributed by atoms with Crippen molar-refractivity contribution in [1.29, 1.82) is 0 Å². The molecule has 0 aromatic heterocycles. The number of piperazine rings is 1.